The van der Waals surface area contributed by atoms with Crippen molar-refractivity contribution in [3.05, 3.63) is 29.3 Å². The van der Waals surface area contributed by atoms with Gasteiger partial charge in [-0.1, -0.05) is 6.07 Å². The molecule has 0 bridgehead atoms. The molecule has 0 saturated carbocycles. The van der Waals surface area contributed by atoms with Gasteiger partial charge in [-0.3, -0.25) is 0 Å². The first kappa shape index (κ1) is 10.8. The number of aryl methyl sites for hydroxylation is 1. The van der Waals surface area contributed by atoms with Crippen molar-refractivity contribution in [1.82, 2.24) is 0 Å². The van der Waals surface area contributed by atoms with Crippen molar-refractivity contribution in [3.63, 3.8) is 0 Å². The summed E-state index contributed by atoms with van der Waals surface area (Å²) in [5, 5.41) is 9.64. The summed E-state index contributed by atoms with van der Waals surface area (Å²) in [4.78, 5) is 0. The van der Waals surface area contributed by atoms with Crippen LogP contribution < -0.4 is 4.74 Å². The van der Waals surface area contributed by atoms with Gasteiger partial charge in [0.2, 0.25) is 0 Å². The molecule has 1 N–H and O–H groups in total. The van der Waals surface area contributed by atoms with Gasteiger partial charge in [-0.2, -0.15) is 11.8 Å². The normalized spacial score (nSPS) is 18.9. The highest BCUT2D eigenvalue weighted by Gasteiger charge is 2.20. The molecule has 0 amide bonds. The molecule has 2 nitrogen and oxygen atoms in total. The van der Waals surface area contributed by atoms with E-state index >= 15 is 0 Å². The van der Waals surface area contributed by atoms with E-state index in [1.807, 2.05) is 12.1 Å². The summed E-state index contributed by atoms with van der Waals surface area (Å²) in [6, 6.07) is 6.00. The van der Waals surface area contributed by atoms with Crippen LogP contribution in [0.1, 0.15) is 23.7 Å². The number of benzene rings is 1. The van der Waals surface area contributed by atoms with Crippen LogP contribution in [0.2, 0.25) is 0 Å². The summed E-state index contributed by atoms with van der Waals surface area (Å²) in [5.74, 6) is 1.94. The molecule has 0 aliphatic heterocycles. The lowest BCUT2D eigenvalue weighted by atomic mass is 10.1. The summed E-state index contributed by atoms with van der Waals surface area (Å²) in [6.07, 6.45) is 3.63. The van der Waals surface area contributed by atoms with Crippen LogP contribution >= 0.6 is 11.8 Å². The smallest absolute Gasteiger partial charge is 0.119 e. The summed E-state index contributed by atoms with van der Waals surface area (Å²) in [6.45, 7) is 0.752. The van der Waals surface area contributed by atoms with Gasteiger partial charge in [0, 0.05) is 5.75 Å². The molecule has 0 spiro atoms. The third-order valence-corrected chi connectivity index (χ3v) is 3.29. The third-order valence-electron chi connectivity index (χ3n) is 2.72. The number of aliphatic hydroxyl groups is 1. The van der Waals surface area contributed by atoms with Gasteiger partial charge in [0.05, 0.1) is 12.7 Å². The highest BCUT2D eigenvalue weighted by atomic mass is 32.2. The Bertz CT molecular complexity index is 338. The summed E-state index contributed by atoms with van der Waals surface area (Å²) >= 11 is 1.78. The van der Waals surface area contributed by atoms with Crippen molar-refractivity contribution in [1.29, 1.82) is 0 Å². The maximum atomic E-state index is 9.64. The van der Waals surface area contributed by atoms with Crippen molar-refractivity contribution >= 4 is 11.8 Å². The maximum absolute atomic E-state index is 9.64. The fourth-order valence-electron chi connectivity index (χ4n) is 1.90. The molecule has 3 heteroatoms. The highest BCUT2D eigenvalue weighted by molar-refractivity contribution is 7.98. The van der Waals surface area contributed by atoms with Gasteiger partial charge >= 0.3 is 0 Å². The minimum Gasteiger partial charge on any atom is -0.493 e. The first-order valence-electron chi connectivity index (χ1n) is 5.24. The van der Waals surface area contributed by atoms with Gasteiger partial charge in [0.25, 0.3) is 0 Å². The van der Waals surface area contributed by atoms with E-state index in [1.165, 1.54) is 5.56 Å². The lowest BCUT2D eigenvalue weighted by molar-refractivity contribution is 0.180. The number of aliphatic hydroxyl groups excluding tert-OH is 1. The van der Waals surface area contributed by atoms with Crippen LogP contribution in [0.4, 0.5) is 0 Å². The van der Waals surface area contributed by atoms with Crippen molar-refractivity contribution in [2.45, 2.75) is 18.9 Å². The molecule has 0 fully saturated rings. The number of hydrogen-bond donors (Lipinski definition) is 1. The van der Waals surface area contributed by atoms with Crippen LogP contribution in [-0.4, -0.2) is 23.7 Å². The average Bonchev–Trinajstić information content (AvgIpc) is 2.61. The van der Waals surface area contributed by atoms with E-state index in [-0.39, 0.29) is 6.10 Å². The average molecular weight is 224 g/mol. The monoisotopic (exact) mass is 224 g/mol. The maximum Gasteiger partial charge on any atom is 0.119 e. The van der Waals surface area contributed by atoms with Crippen molar-refractivity contribution in [2.75, 3.05) is 18.6 Å². The second-order valence-corrected chi connectivity index (χ2v) is 4.74. The van der Waals surface area contributed by atoms with E-state index in [2.05, 4.69) is 12.3 Å². The lowest BCUT2D eigenvalue weighted by Gasteiger charge is -2.08. The highest BCUT2D eigenvalue weighted by Crippen LogP contribution is 2.33. The van der Waals surface area contributed by atoms with Gasteiger partial charge < -0.3 is 9.84 Å². The first-order valence-corrected chi connectivity index (χ1v) is 6.63. The van der Waals surface area contributed by atoms with Crippen molar-refractivity contribution in [3.8, 4) is 5.75 Å². The van der Waals surface area contributed by atoms with E-state index in [0.717, 1.165) is 36.5 Å². The number of hydrogen-bond acceptors (Lipinski definition) is 3. The fraction of sp³-hybridized carbons (Fsp3) is 0.500. The van der Waals surface area contributed by atoms with Gasteiger partial charge in [0.1, 0.15) is 5.75 Å². The molecular weight excluding hydrogens is 208 g/mol. The van der Waals surface area contributed by atoms with Crippen molar-refractivity contribution in [2.24, 2.45) is 0 Å². The molecule has 1 aromatic rings. The molecule has 1 aromatic carbocycles. The minimum absolute atomic E-state index is 0.264. The predicted molar refractivity (Wildman–Crippen MR) is 63.6 cm³/mol. The van der Waals surface area contributed by atoms with Crippen molar-refractivity contribution < 1.29 is 9.84 Å². The topological polar surface area (TPSA) is 29.5 Å². The van der Waals surface area contributed by atoms with Crippen LogP contribution in [0, 0.1) is 0 Å². The Morgan fingerprint density at radius 3 is 3.20 bits per heavy atom. The second-order valence-electron chi connectivity index (χ2n) is 3.76. The van der Waals surface area contributed by atoms with Crippen LogP contribution in [0.3, 0.4) is 0 Å². The number of thioether (sulfide) groups is 1. The Morgan fingerprint density at radius 1 is 1.53 bits per heavy atom. The fourth-order valence-corrected chi connectivity index (χ4v) is 2.15. The van der Waals surface area contributed by atoms with E-state index in [9.17, 15) is 5.11 Å². The summed E-state index contributed by atoms with van der Waals surface area (Å²) in [5.41, 5.74) is 2.32. The zero-order valence-electron chi connectivity index (χ0n) is 8.90. The molecule has 2 rings (SSSR count). The third kappa shape index (κ3) is 2.47. The van der Waals surface area contributed by atoms with Gasteiger partial charge in [-0.15, -0.1) is 0 Å². The Hall–Kier alpha value is -0.670. The quantitative estimate of drug-likeness (QED) is 0.796. The Morgan fingerprint density at radius 2 is 2.40 bits per heavy atom. The largest absolute Gasteiger partial charge is 0.493 e. The van der Waals surface area contributed by atoms with E-state index in [4.69, 9.17) is 4.74 Å². The molecule has 15 heavy (non-hydrogen) atoms. The molecule has 1 atom stereocenters. The summed E-state index contributed by atoms with van der Waals surface area (Å²) < 4.78 is 5.60. The zero-order valence-corrected chi connectivity index (χ0v) is 9.72. The molecule has 0 radical (unpaired) electrons. The Balaban J connectivity index is 2.03. The molecule has 0 heterocycles. The molecule has 1 aliphatic carbocycles. The second kappa shape index (κ2) is 4.90. The van der Waals surface area contributed by atoms with Crippen LogP contribution in [0.15, 0.2) is 18.2 Å². The van der Waals surface area contributed by atoms with Crippen LogP contribution in [0.5, 0.6) is 5.75 Å². The molecule has 0 unspecified atom stereocenters. The molecule has 82 valence electrons. The van der Waals surface area contributed by atoms with E-state index in [1.54, 1.807) is 11.8 Å². The number of ether oxygens (including phenoxy) is 1. The Labute approximate surface area is 94.6 Å². The molecular formula is C12H16O2S. The Kier molecular flexibility index (Phi) is 3.54. The van der Waals surface area contributed by atoms with Gasteiger partial charge in [-0.05, 0) is 42.4 Å². The minimum atomic E-state index is -0.264. The lowest BCUT2D eigenvalue weighted by Crippen LogP contribution is -2.00. The van der Waals surface area contributed by atoms with Crippen LogP contribution in [0.25, 0.3) is 0 Å². The molecule has 1 aliphatic rings. The van der Waals surface area contributed by atoms with Gasteiger partial charge in [0.15, 0.2) is 0 Å². The number of rotatable bonds is 4. The SMILES string of the molecule is CSCCOc1ccc2c(c1)CC[C@H]2O. The number of fused-ring (bicyclic) bond motifs is 1. The first-order chi connectivity index (χ1) is 7.31. The zero-order chi connectivity index (χ0) is 10.7. The molecule has 0 saturated heterocycles. The standard InChI is InChI=1S/C12H16O2S/c1-15-7-6-14-10-3-4-11-9(8-10)2-5-12(11)13/h3-4,8,12-13H,2,5-7H2,1H3/t12-/m1/s1. The van der Waals surface area contributed by atoms with Gasteiger partial charge in [-0.25, -0.2) is 0 Å². The molecule has 0 aromatic heterocycles. The predicted octanol–water partition coefficient (Wildman–Crippen LogP) is 2.41. The van der Waals surface area contributed by atoms with Crippen LogP contribution in [-0.2, 0) is 6.42 Å². The van der Waals surface area contributed by atoms with E-state index < -0.39 is 0 Å². The summed E-state index contributed by atoms with van der Waals surface area (Å²) in [7, 11) is 0. The van der Waals surface area contributed by atoms with E-state index in [0.29, 0.717) is 0 Å².